The standard InChI is InChI=1S/C21H24N4O5/c1-21(2,3)16-9-7-14(8-10-16)19(27)22-12-11-18(26)23-24-20(28)15-5-4-6-17(13-15)25(29)30/h4-10,13H,11-12H2,1-3H3,(H,22,27)(H,23,26)(H,24,28). The number of benzene rings is 2. The predicted molar refractivity (Wildman–Crippen MR) is 111 cm³/mol. The van der Waals surface area contributed by atoms with Gasteiger partial charge in [0.15, 0.2) is 0 Å². The van der Waals surface area contributed by atoms with E-state index in [1.54, 1.807) is 12.1 Å². The highest BCUT2D eigenvalue weighted by atomic mass is 16.6. The number of non-ortho nitro benzene ring substituents is 1. The first-order chi connectivity index (χ1) is 14.1. The molecule has 0 heterocycles. The normalized spacial score (nSPS) is 10.8. The van der Waals surface area contributed by atoms with E-state index in [1.165, 1.54) is 18.2 Å². The maximum atomic E-state index is 12.2. The quantitative estimate of drug-likeness (QED) is 0.496. The number of carbonyl (C=O) groups is 3. The molecule has 0 fully saturated rings. The Kier molecular flexibility index (Phi) is 7.24. The molecular weight excluding hydrogens is 388 g/mol. The number of nitrogens with one attached hydrogen (secondary N) is 3. The summed E-state index contributed by atoms with van der Waals surface area (Å²) < 4.78 is 0. The molecule has 0 saturated carbocycles. The van der Waals surface area contributed by atoms with Crippen molar-refractivity contribution in [2.45, 2.75) is 32.6 Å². The molecule has 0 aliphatic rings. The van der Waals surface area contributed by atoms with Crippen molar-refractivity contribution < 1.29 is 19.3 Å². The number of hydrogen-bond donors (Lipinski definition) is 3. The highest BCUT2D eigenvalue weighted by Gasteiger charge is 2.15. The van der Waals surface area contributed by atoms with E-state index in [4.69, 9.17) is 0 Å². The third-order valence-corrected chi connectivity index (χ3v) is 4.29. The summed E-state index contributed by atoms with van der Waals surface area (Å²) in [5.74, 6) is -1.50. The predicted octanol–water partition coefficient (Wildman–Crippen LogP) is 2.47. The van der Waals surface area contributed by atoms with Crippen LogP contribution in [0.1, 0.15) is 53.5 Å². The molecule has 30 heavy (non-hydrogen) atoms. The van der Waals surface area contributed by atoms with E-state index in [1.807, 2.05) is 12.1 Å². The Labute approximate surface area is 174 Å². The summed E-state index contributed by atoms with van der Waals surface area (Å²) >= 11 is 0. The van der Waals surface area contributed by atoms with Gasteiger partial charge in [0, 0.05) is 36.2 Å². The molecule has 2 aromatic carbocycles. The zero-order valence-electron chi connectivity index (χ0n) is 17.0. The second kappa shape index (κ2) is 9.64. The van der Waals surface area contributed by atoms with E-state index in [0.717, 1.165) is 11.6 Å². The van der Waals surface area contributed by atoms with Crippen LogP contribution < -0.4 is 16.2 Å². The van der Waals surface area contributed by atoms with Crippen molar-refractivity contribution in [2.75, 3.05) is 6.54 Å². The van der Waals surface area contributed by atoms with Crippen LogP contribution in [0.5, 0.6) is 0 Å². The zero-order valence-corrected chi connectivity index (χ0v) is 17.0. The van der Waals surface area contributed by atoms with Crippen LogP contribution in [0.15, 0.2) is 48.5 Å². The van der Waals surface area contributed by atoms with Crippen LogP contribution in [0.2, 0.25) is 0 Å². The molecule has 0 bridgehead atoms. The van der Waals surface area contributed by atoms with Crippen LogP contribution in [0.25, 0.3) is 0 Å². The van der Waals surface area contributed by atoms with Gasteiger partial charge in [-0.05, 0) is 29.2 Å². The summed E-state index contributed by atoms with van der Waals surface area (Å²) in [5, 5.41) is 13.4. The number of amides is 3. The van der Waals surface area contributed by atoms with E-state index in [-0.39, 0.29) is 35.5 Å². The highest BCUT2D eigenvalue weighted by Crippen LogP contribution is 2.22. The molecule has 0 aliphatic carbocycles. The Morgan fingerprint density at radius 1 is 0.933 bits per heavy atom. The van der Waals surface area contributed by atoms with Gasteiger partial charge in [-0.15, -0.1) is 0 Å². The maximum Gasteiger partial charge on any atom is 0.270 e. The molecule has 0 saturated heterocycles. The summed E-state index contributed by atoms with van der Waals surface area (Å²) in [6.45, 7) is 6.33. The topological polar surface area (TPSA) is 130 Å². The zero-order chi connectivity index (χ0) is 22.3. The van der Waals surface area contributed by atoms with Crippen LogP contribution in [-0.2, 0) is 10.2 Å². The minimum atomic E-state index is -0.685. The summed E-state index contributed by atoms with van der Waals surface area (Å²) in [6.07, 6.45) is -0.0545. The van der Waals surface area contributed by atoms with Crippen molar-refractivity contribution in [3.63, 3.8) is 0 Å². The Hall–Kier alpha value is -3.75. The van der Waals surface area contributed by atoms with Gasteiger partial charge in [-0.2, -0.15) is 0 Å². The van der Waals surface area contributed by atoms with Crippen LogP contribution in [0.3, 0.4) is 0 Å². The van der Waals surface area contributed by atoms with E-state index >= 15 is 0 Å². The lowest BCUT2D eigenvalue weighted by molar-refractivity contribution is -0.384. The number of carbonyl (C=O) groups excluding carboxylic acids is 3. The SMILES string of the molecule is CC(C)(C)c1ccc(C(=O)NCCC(=O)NNC(=O)c2cccc([N+](=O)[O-])c2)cc1. The fraction of sp³-hybridized carbons (Fsp3) is 0.286. The van der Waals surface area contributed by atoms with Gasteiger partial charge in [-0.25, -0.2) is 0 Å². The molecule has 0 aliphatic heterocycles. The van der Waals surface area contributed by atoms with E-state index in [2.05, 4.69) is 36.9 Å². The average Bonchev–Trinajstić information content (AvgIpc) is 2.71. The largest absolute Gasteiger partial charge is 0.352 e. The van der Waals surface area contributed by atoms with E-state index < -0.39 is 16.7 Å². The molecule has 2 aromatic rings. The Balaban J connectivity index is 1.77. The molecule has 0 atom stereocenters. The third kappa shape index (κ3) is 6.40. The molecule has 9 heteroatoms. The van der Waals surface area contributed by atoms with Crippen LogP contribution >= 0.6 is 0 Å². The Morgan fingerprint density at radius 3 is 2.20 bits per heavy atom. The number of hydrogen-bond acceptors (Lipinski definition) is 5. The van der Waals surface area contributed by atoms with Gasteiger partial charge in [-0.1, -0.05) is 39.0 Å². The number of nitro groups is 1. The second-order valence-electron chi connectivity index (χ2n) is 7.64. The van der Waals surface area contributed by atoms with Crippen LogP contribution in [0, 0.1) is 10.1 Å². The number of hydrazine groups is 1. The van der Waals surface area contributed by atoms with Gasteiger partial charge < -0.3 is 5.32 Å². The van der Waals surface area contributed by atoms with Gasteiger partial charge in [-0.3, -0.25) is 35.3 Å². The highest BCUT2D eigenvalue weighted by molar-refractivity contribution is 5.96. The first-order valence-electron chi connectivity index (χ1n) is 9.30. The van der Waals surface area contributed by atoms with Crippen molar-refractivity contribution in [3.05, 3.63) is 75.3 Å². The van der Waals surface area contributed by atoms with Gasteiger partial charge in [0.1, 0.15) is 0 Å². The van der Waals surface area contributed by atoms with Gasteiger partial charge in [0.2, 0.25) is 5.91 Å². The summed E-state index contributed by atoms with van der Waals surface area (Å²) in [5.41, 5.74) is 5.78. The smallest absolute Gasteiger partial charge is 0.270 e. The monoisotopic (exact) mass is 412 g/mol. The van der Waals surface area contributed by atoms with Gasteiger partial charge in [0.25, 0.3) is 17.5 Å². The fourth-order valence-electron chi connectivity index (χ4n) is 2.54. The number of nitrogens with zero attached hydrogens (tertiary/aromatic N) is 1. The number of nitro benzene ring substituents is 1. The Morgan fingerprint density at radius 2 is 1.60 bits per heavy atom. The van der Waals surface area contributed by atoms with Crippen LogP contribution in [0.4, 0.5) is 5.69 Å². The molecule has 0 aromatic heterocycles. The summed E-state index contributed by atoms with van der Waals surface area (Å²) in [6, 6.07) is 12.4. The summed E-state index contributed by atoms with van der Waals surface area (Å²) in [7, 11) is 0. The molecule has 0 spiro atoms. The molecule has 2 rings (SSSR count). The molecule has 9 nitrogen and oxygen atoms in total. The molecule has 3 N–H and O–H groups in total. The lowest BCUT2D eigenvalue weighted by Gasteiger charge is -2.19. The molecule has 3 amide bonds. The first kappa shape index (κ1) is 22.5. The summed E-state index contributed by atoms with van der Waals surface area (Å²) in [4.78, 5) is 46.1. The van der Waals surface area contributed by atoms with Crippen molar-refractivity contribution in [1.29, 1.82) is 0 Å². The van der Waals surface area contributed by atoms with Gasteiger partial charge >= 0.3 is 0 Å². The lowest BCUT2D eigenvalue weighted by atomic mass is 9.87. The van der Waals surface area contributed by atoms with Crippen molar-refractivity contribution >= 4 is 23.4 Å². The van der Waals surface area contributed by atoms with E-state index in [0.29, 0.717) is 5.56 Å². The van der Waals surface area contributed by atoms with Crippen LogP contribution in [-0.4, -0.2) is 29.2 Å². The maximum absolute atomic E-state index is 12.2. The molecular formula is C21H24N4O5. The number of rotatable bonds is 6. The molecule has 0 unspecified atom stereocenters. The molecule has 158 valence electrons. The van der Waals surface area contributed by atoms with Crippen molar-refractivity contribution in [2.24, 2.45) is 0 Å². The Bertz CT molecular complexity index is 949. The minimum Gasteiger partial charge on any atom is -0.352 e. The first-order valence-corrected chi connectivity index (χ1v) is 9.30. The fourth-order valence-corrected chi connectivity index (χ4v) is 2.54. The third-order valence-electron chi connectivity index (χ3n) is 4.29. The molecule has 0 radical (unpaired) electrons. The van der Waals surface area contributed by atoms with Crippen molar-refractivity contribution in [3.8, 4) is 0 Å². The minimum absolute atomic E-state index is 0.0117. The second-order valence-corrected chi connectivity index (χ2v) is 7.64. The van der Waals surface area contributed by atoms with E-state index in [9.17, 15) is 24.5 Å². The van der Waals surface area contributed by atoms with Gasteiger partial charge in [0.05, 0.1) is 4.92 Å². The lowest BCUT2D eigenvalue weighted by Crippen LogP contribution is -2.42. The van der Waals surface area contributed by atoms with Crippen molar-refractivity contribution in [1.82, 2.24) is 16.2 Å². The average molecular weight is 412 g/mol.